The number of benzene rings is 1. The molecule has 3 rings (SSSR count). The Kier molecular flexibility index (Phi) is 7.09. The van der Waals surface area contributed by atoms with Crippen LogP contribution in [0.3, 0.4) is 0 Å². The number of aromatic nitrogens is 2. The van der Waals surface area contributed by atoms with Gasteiger partial charge in [0, 0.05) is 32.0 Å². The van der Waals surface area contributed by atoms with Crippen molar-refractivity contribution in [3.8, 4) is 0 Å². The molecule has 3 unspecified atom stereocenters. The van der Waals surface area contributed by atoms with E-state index in [1.54, 1.807) is 0 Å². The van der Waals surface area contributed by atoms with Crippen LogP contribution >= 0.6 is 0 Å². The van der Waals surface area contributed by atoms with E-state index in [-0.39, 0.29) is 6.04 Å². The summed E-state index contributed by atoms with van der Waals surface area (Å²) in [6.07, 6.45) is 7.04. The predicted molar refractivity (Wildman–Crippen MR) is 115 cm³/mol. The van der Waals surface area contributed by atoms with Gasteiger partial charge in [-0.25, -0.2) is 4.98 Å². The summed E-state index contributed by atoms with van der Waals surface area (Å²) in [7, 11) is 4.25. The molecule has 0 aliphatic carbocycles. The van der Waals surface area contributed by atoms with Crippen LogP contribution in [0.4, 0.5) is 0 Å². The SMILES string of the molecule is CCNC(=NCC(c1ccccc1)N(C)C)N1CCC(C)C(n2ccnc2)C1. The van der Waals surface area contributed by atoms with Gasteiger partial charge in [-0.3, -0.25) is 4.99 Å². The van der Waals surface area contributed by atoms with Crippen LogP contribution in [0.25, 0.3) is 0 Å². The molecule has 1 aromatic carbocycles. The van der Waals surface area contributed by atoms with Crippen LogP contribution in [0.1, 0.15) is 37.9 Å². The van der Waals surface area contributed by atoms with Crippen molar-refractivity contribution in [1.82, 2.24) is 24.7 Å². The number of likely N-dealkylation sites (tertiary alicyclic amines) is 1. The summed E-state index contributed by atoms with van der Waals surface area (Å²) in [5.41, 5.74) is 1.30. The molecular weight excluding hydrogens is 348 g/mol. The summed E-state index contributed by atoms with van der Waals surface area (Å²) < 4.78 is 2.24. The minimum absolute atomic E-state index is 0.267. The molecule has 2 aromatic rings. The highest BCUT2D eigenvalue weighted by molar-refractivity contribution is 5.80. The van der Waals surface area contributed by atoms with Crippen LogP contribution in [0.5, 0.6) is 0 Å². The standard InChI is InChI=1S/C22H34N6/c1-5-24-22(25-15-20(26(3)4)19-9-7-6-8-10-19)27-13-11-18(2)21(16-27)28-14-12-23-17-28/h6-10,12,14,17-18,20-21H,5,11,13,15-16H2,1-4H3,(H,24,25). The van der Waals surface area contributed by atoms with Gasteiger partial charge in [0.25, 0.3) is 0 Å². The van der Waals surface area contributed by atoms with Gasteiger partial charge < -0.3 is 19.7 Å². The van der Waals surface area contributed by atoms with Gasteiger partial charge in [-0.15, -0.1) is 0 Å². The fourth-order valence-electron chi connectivity index (χ4n) is 3.94. The zero-order valence-electron chi connectivity index (χ0n) is 17.6. The lowest BCUT2D eigenvalue weighted by Gasteiger charge is -2.39. The highest BCUT2D eigenvalue weighted by Gasteiger charge is 2.29. The minimum Gasteiger partial charge on any atom is -0.357 e. The van der Waals surface area contributed by atoms with E-state index >= 15 is 0 Å². The number of hydrogen-bond donors (Lipinski definition) is 1. The first kappa shape index (κ1) is 20.4. The Balaban J connectivity index is 1.76. The molecule has 2 heterocycles. The summed E-state index contributed by atoms with van der Waals surface area (Å²) in [4.78, 5) is 13.9. The number of nitrogens with zero attached hydrogens (tertiary/aromatic N) is 5. The molecule has 1 aliphatic heterocycles. The Bertz CT molecular complexity index is 725. The number of guanidine groups is 1. The molecule has 1 aliphatic rings. The number of imidazole rings is 1. The molecular formula is C22H34N6. The Morgan fingerprint density at radius 1 is 1.32 bits per heavy atom. The summed E-state index contributed by atoms with van der Waals surface area (Å²) in [6, 6.07) is 11.3. The Morgan fingerprint density at radius 2 is 2.11 bits per heavy atom. The second kappa shape index (κ2) is 9.73. The van der Waals surface area contributed by atoms with Gasteiger partial charge >= 0.3 is 0 Å². The molecule has 3 atom stereocenters. The molecule has 152 valence electrons. The quantitative estimate of drug-likeness (QED) is 0.616. The van der Waals surface area contributed by atoms with Crippen LogP contribution < -0.4 is 5.32 Å². The first-order valence-corrected chi connectivity index (χ1v) is 10.3. The lowest BCUT2D eigenvalue weighted by Crippen LogP contribution is -2.49. The maximum atomic E-state index is 5.04. The van der Waals surface area contributed by atoms with E-state index in [9.17, 15) is 0 Å². The van der Waals surface area contributed by atoms with Gasteiger partial charge in [0.2, 0.25) is 0 Å². The monoisotopic (exact) mass is 382 g/mol. The Labute approximate surface area is 169 Å². The molecule has 0 spiro atoms. The van der Waals surface area contributed by atoms with Gasteiger partial charge in [-0.05, 0) is 38.9 Å². The van der Waals surface area contributed by atoms with Crippen LogP contribution in [-0.2, 0) is 0 Å². The van der Waals surface area contributed by atoms with E-state index in [1.807, 2.05) is 12.5 Å². The average molecular weight is 383 g/mol. The fraction of sp³-hybridized carbons (Fsp3) is 0.545. The molecule has 0 amide bonds. The fourth-order valence-corrected chi connectivity index (χ4v) is 3.94. The largest absolute Gasteiger partial charge is 0.357 e. The van der Waals surface area contributed by atoms with Gasteiger partial charge in [0.05, 0.1) is 25.0 Å². The third-order valence-corrected chi connectivity index (χ3v) is 5.68. The average Bonchev–Trinajstić information content (AvgIpc) is 3.23. The van der Waals surface area contributed by atoms with Crippen molar-refractivity contribution in [2.75, 3.05) is 40.3 Å². The first-order valence-electron chi connectivity index (χ1n) is 10.3. The number of likely N-dealkylation sites (N-methyl/N-ethyl adjacent to an activating group) is 1. The molecule has 0 saturated carbocycles. The number of rotatable bonds is 6. The van der Waals surface area contributed by atoms with E-state index in [0.717, 1.165) is 38.6 Å². The summed E-state index contributed by atoms with van der Waals surface area (Å²) in [6.45, 7) is 8.08. The third kappa shape index (κ3) is 4.93. The summed E-state index contributed by atoms with van der Waals surface area (Å²) >= 11 is 0. The molecule has 0 bridgehead atoms. The van der Waals surface area contributed by atoms with E-state index in [1.165, 1.54) is 5.56 Å². The van der Waals surface area contributed by atoms with Crippen molar-refractivity contribution in [2.45, 2.75) is 32.4 Å². The maximum absolute atomic E-state index is 5.04. The van der Waals surface area contributed by atoms with Crippen molar-refractivity contribution in [3.63, 3.8) is 0 Å². The van der Waals surface area contributed by atoms with Crippen molar-refractivity contribution < 1.29 is 0 Å². The zero-order valence-corrected chi connectivity index (χ0v) is 17.6. The van der Waals surface area contributed by atoms with E-state index in [2.05, 4.69) is 89.1 Å². The topological polar surface area (TPSA) is 48.7 Å². The lowest BCUT2D eigenvalue weighted by atomic mass is 9.93. The lowest BCUT2D eigenvalue weighted by molar-refractivity contribution is 0.188. The Morgan fingerprint density at radius 3 is 2.75 bits per heavy atom. The first-order chi connectivity index (χ1) is 13.6. The van der Waals surface area contributed by atoms with Crippen molar-refractivity contribution >= 4 is 5.96 Å². The molecule has 28 heavy (non-hydrogen) atoms. The zero-order chi connectivity index (χ0) is 19.9. The smallest absolute Gasteiger partial charge is 0.194 e. The van der Waals surface area contributed by atoms with Crippen LogP contribution in [0.2, 0.25) is 0 Å². The van der Waals surface area contributed by atoms with Crippen molar-refractivity contribution in [1.29, 1.82) is 0 Å². The van der Waals surface area contributed by atoms with E-state index in [4.69, 9.17) is 4.99 Å². The molecule has 6 nitrogen and oxygen atoms in total. The van der Waals surface area contributed by atoms with Crippen molar-refractivity contribution in [3.05, 3.63) is 54.6 Å². The number of aliphatic imine (C=N–C) groups is 1. The summed E-state index contributed by atoms with van der Waals surface area (Å²) in [5.74, 6) is 1.65. The Hall–Kier alpha value is -2.34. The number of nitrogens with one attached hydrogen (secondary N) is 1. The van der Waals surface area contributed by atoms with Crippen molar-refractivity contribution in [2.24, 2.45) is 10.9 Å². The second-order valence-electron chi connectivity index (χ2n) is 7.87. The van der Waals surface area contributed by atoms with Crippen LogP contribution in [-0.4, -0.2) is 65.6 Å². The van der Waals surface area contributed by atoms with E-state index in [0.29, 0.717) is 12.0 Å². The van der Waals surface area contributed by atoms with Gasteiger partial charge in [-0.2, -0.15) is 0 Å². The molecule has 6 heteroatoms. The highest BCUT2D eigenvalue weighted by atomic mass is 15.3. The molecule has 1 aromatic heterocycles. The van der Waals surface area contributed by atoms with E-state index < -0.39 is 0 Å². The third-order valence-electron chi connectivity index (χ3n) is 5.68. The minimum atomic E-state index is 0.267. The molecule has 1 saturated heterocycles. The number of hydrogen-bond acceptors (Lipinski definition) is 3. The predicted octanol–water partition coefficient (Wildman–Crippen LogP) is 3.03. The summed E-state index contributed by atoms with van der Waals surface area (Å²) in [5, 5.41) is 3.51. The molecule has 1 N–H and O–H groups in total. The maximum Gasteiger partial charge on any atom is 0.194 e. The van der Waals surface area contributed by atoms with Crippen LogP contribution in [0, 0.1) is 5.92 Å². The van der Waals surface area contributed by atoms with Crippen LogP contribution in [0.15, 0.2) is 54.0 Å². The van der Waals surface area contributed by atoms with Gasteiger partial charge in [-0.1, -0.05) is 37.3 Å². The molecule has 0 radical (unpaired) electrons. The normalized spacial score (nSPS) is 21.8. The van der Waals surface area contributed by atoms with Gasteiger partial charge in [0.1, 0.15) is 0 Å². The second-order valence-corrected chi connectivity index (χ2v) is 7.87. The molecule has 1 fully saturated rings. The highest BCUT2D eigenvalue weighted by Crippen LogP contribution is 2.27. The van der Waals surface area contributed by atoms with Gasteiger partial charge in [0.15, 0.2) is 5.96 Å². The number of piperidine rings is 1.